The van der Waals surface area contributed by atoms with Gasteiger partial charge in [-0.15, -0.1) is 0 Å². The number of carbonyl (C=O) groups excluding carboxylic acids is 2. The highest BCUT2D eigenvalue weighted by atomic mass is 16.4. The molecule has 1 aromatic rings. The zero-order valence-electron chi connectivity index (χ0n) is 10.8. The van der Waals surface area contributed by atoms with Crippen LogP contribution in [-0.4, -0.2) is 38.9 Å². The molecular weight excluding hydrogens is 284 g/mol. The molecule has 0 bridgehead atoms. The Morgan fingerprint density at radius 3 is 2.48 bits per heavy atom. The minimum Gasteiger partial charge on any atom is -0.480 e. The van der Waals surface area contributed by atoms with Crippen LogP contribution in [-0.2, 0) is 20.8 Å². The number of carboxylic acid groups (broad SMARTS) is 1. The van der Waals surface area contributed by atoms with Crippen LogP contribution in [0.5, 0.6) is 0 Å². The van der Waals surface area contributed by atoms with Gasteiger partial charge in [-0.1, -0.05) is 0 Å². The molecule has 1 rings (SSSR count). The average molecular weight is 298 g/mol. The lowest BCUT2D eigenvalue weighted by molar-refractivity contribution is -0.142. The second kappa shape index (κ2) is 7.03. The Labute approximate surface area is 117 Å². The van der Waals surface area contributed by atoms with Crippen LogP contribution < -0.4 is 22.3 Å². The van der Waals surface area contributed by atoms with E-state index in [1.165, 1.54) is 0 Å². The first-order valence-corrected chi connectivity index (χ1v) is 5.91. The zero-order chi connectivity index (χ0) is 16.0. The van der Waals surface area contributed by atoms with Crippen LogP contribution in [0, 0.1) is 0 Å². The molecule has 0 saturated heterocycles. The molecule has 1 heterocycles. The predicted octanol–water partition coefficient (Wildman–Crippen LogP) is -2.56. The number of rotatable bonds is 7. The lowest BCUT2D eigenvalue weighted by Gasteiger charge is -2.13. The van der Waals surface area contributed by atoms with Crippen LogP contribution in [0.4, 0.5) is 0 Å². The van der Waals surface area contributed by atoms with E-state index in [1.54, 1.807) is 0 Å². The summed E-state index contributed by atoms with van der Waals surface area (Å²) in [5.74, 6) is -2.72. The number of hydrogen-bond acceptors (Lipinski definition) is 5. The second-order valence-electron chi connectivity index (χ2n) is 4.25. The van der Waals surface area contributed by atoms with E-state index in [0.717, 1.165) is 6.07 Å². The van der Waals surface area contributed by atoms with E-state index in [9.17, 15) is 24.0 Å². The van der Waals surface area contributed by atoms with Gasteiger partial charge in [-0.3, -0.25) is 19.4 Å². The SMILES string of the molecule is NC(=O)CC[C@H](NC(=O)Cc1cc(=O)[nH]c(=O)[nH]1)C(=O)O. The van der Waals surface area contributed by atoms with Crippen molar-refractivity contribution in [2.45, 2.75) is 25.3 Å². The molecule has 0 saturated carbocycles. The number of carbonyl (C=O) groups is 3. The van der Waals surface area contributed by atoms with Crippen molar-refractivity contribution in [3.8, 4) is 0 Å². The van der Waals surface area contributed by atoms with Crippen molar-refractivity contribution in [2.24, 2.45) is 5.73 Å². The molecule has 21 heavy (non-hydrogen) atoms. The normalized spacial score (nSPS) is 11.6. The summed E-state index contributed by atoms with van der Waals surface area (Å²) >= 11 is 0. The average Bonchev–Trinajstić information content (AvgIpc) is 2.32. The van der Waals surface area contributed by atoms with Crippen molar-refractivity contribution in [1.82, 2.24) is 15.3 Å². The molecule has 0 aliphatic rings. The number of nitrogens with two attached hydrogens (primary N) is 1. The van der Waals surface area contributed by atoms with E-state index in [4.69, 9.17) is 10.8 Å². The molecule has 0 fully saturated rings. The molecular formula is C11H14N4O6. The maximum Gasteiger partial charge on any atom is 0.326 e. The van der Waals surface area contributed by atoms with Gasteiger partial charge in [0.05, 0.1) is 6.42 Å². The second-order valence-corrected chi connectivity index (χ2v) is 4.25. The Kier molecular flexibility index (Phi) is 5.40. The number of H-pyrrole nitrogens is 2. The topological polar surface area (TPSA) is 175 Å². The first-order chi connectivity index (χ1) is 9.77. The molecule has 6 N–H and O–H groups in total. The molecule has 0 aliphatic heterocycles. The summed E-state index contributed by atoms with van der Waals surface area (Å²) < 4.78 is 0. The first kappa shape index (κ1) is 16.1. The van der Waals surface area contributed by atoms with E-state index in [0.29, 0.717) is 0 Å². The molecule has 0 spiro atoms. The maximum absolute atomic E-state index is 11.7. The van der Waals surface area contributed by atoms with Crippen molar-refractivity contribution in [3.05, 3.63) is 32.6 Å². The van der Waals surface area contributed by atoms with Gasteiger partial charge < -0.3 is 21.1 Å². The van der Waals surface area contributed by atoms with Gasteiger partial charge in [-0.25, -0.2) is 9.59 Å². The molecule has 2 amide bonds. The summed E-state index contributed by atoms with van der Waals surface area (Å²) in [4.78, 5) is 59.4. The summed E-state index contributed by atoms with van der Waals surface area (Å²) in [6.45, 7) is 0. The van der Waals surface area contributed by atoms with E-state index < -0.39 is 35.1 Å². The summed E-state index contributed by atoms with van der Waals surface area (Å²) in [6.07, 6.45) is -0.721. The minimum absolute atomic E-state index is 0.0419. The molecule has 0 aromatic carbocycles. The fourth-order valence-corrected chi connectivity index (χ4v) is 1.58. The van der Waals surface area contributed by atoms with Gasteiger partial charge in [0.2, 0.25) is 11.8 Å². The quantitative estimate of drug-likeness (QED) is 0.370. The summed E-state index contributed by atoms with van der Waals surface area (Å²) in [5, 5.41) is 11.1. The van der Waals surface area contributed by atoms with Crippen molar-refractivity contribution in [3.63, 3.8) is 0 Å². The van der Waals surface area contributed by atoms with Crippen LogP contribution in [0.15, 0.2) is 15.7 Å². The van der Waals surface area contributed by atoms with Crippen LogP contribution in [0.25, 0.3) is 0 Å². The first-order valence-electron chi connectivity index (χ1n) is 5.91. The maximum atomic E-state index is 11.7. The van der Waals surface area contributed by atoms with Crippen LogP contribution >= 0.6 is 0 Å². The van der Waals surface area contributed by atoms with Crippen molar-refractivity contribution >= 4 is 17.8 Å². The molecule has 1 aromatic heterocycles. The van der Waals surface area contributed by atoms with E-state index in [-0.39, 0.29) is 25.0 Å². The third kappa shape index (κ3) is 5.72. The number of hydrogen-bond donors (Lipinski definition) is 5. The van der Waals surface area contributed by atoms with E-state index in [2.05, 4.69) is 10.3 Å². The Morgan fingerprint density at radius 2 is 1.95 bits per heavy atom. The van der Waals surface area contributed by atoms with E-state index >= 15 is 0 Å². The third-order valence-corrected chi connectivity index (χ3v) is 2.48. The number of amides is 2. The lowest BCUT2D eigenvalue weighted by atomic mass is 10.1. The monoisotopic (exact) mass is 298 g/mol. The lowest BCUT2D eigenvalue weighted by Crippen LogP contribution is -2.42. The van der Waals surface area contributed by atoms with Gasteiger partial charge in [-0.2, -0.15) is 0 Å². The number of carboxylic acids is 1. The van der Waals surface area contributed by atoms with Gasteiger partial charge in [-0.05, 0) is 6.42 Å². The van der Waals surface area contributed by atoms with Crippen LogP contribution in [0.2, 0.25) is 0 Å². The molecule has 10 heteroatoms. The highest BCUT2D eigenvalue weighted by Crippen LogP contribution is 1.98. The smallest absolute Gasteiger partial charge is 0.326 e. The summed E-state index contributed by atoms with van der Waals surface area (Å²) in [6, 6.07) is -0.265. The summed E-state index contributed by atoms with van der Waals surface area (Å²) in [5.41, 5.74) is 3.50. The van der Waals surface area contributed by atoms with Crippen molar-refractivity contribution in [2.75, 3.05) is 0 Å². The van der Waals surface area contributed by atoms with Gasteiger partial charge in [0.1, 0.15) is 6.04 Å². The highest BCUT2D eigenvalue weighted by Gasteiger charge is 2.20. The largest absolute Gasteiger partial charge is 0.480 e. The van der Waals surface area contributed by atoms with Crippen molar-refractivity contribution in [1.29, 1.82) is 0 Å². The van der Waals surface area contributed by atoms with Crippen molar-refractivity contribution < 1.29 is 19.5 Å². The highest BCUT2D eigenvalue weighted by molar-refractivity contribution is 5.85. The molecule has 0 aliphatic carbocycles. The molecule has 10 nitrogen and oxygen atoms in total. The van der Waals surface area contributed by atoms with Gasteiger partial charge in [0, 0.05) is 18.2 Å². The zero-order valence-corrected chi connectivity index (χ0v) is 10.8. The minimum atomic E-state index is -1.32. The summed E-state index contributed by atoms with van der Waals surface area (Å²) in [7, 11) is 0. The Balaban J connectivity index is 2.69. The van der Waals surface area contributed by atoms with Gasteiger partial charge in [0.15, 0.2) is 0 Å². The standard InChI is InChI=1S/C11H14N4O6/c12-7(16)2-1-6(10(19)20)14-8(17)3-5-4-9(18)15-11(21)13-5/h4,6H,1-3H2,(H2,12,16)(H,14,17)(H,19,20)(H2,13,15,18,21)/t6-/m0/s1. The predicted molar refractivity (Wildman–Crippen MR) is 69.4 cm³/mol. The number of aromatic amines is 2. The molecule has 114 valence electrons. The van der Waals surface area contributed by atoms with E-state index in [1.807, 2.05) is 4.98 Å². The molecule has 0 radical (unpaired) electrons. The molecule has 1 atom stereocenters. The third-order valence-electron chi connectivity index (χ3n) is 2.48. The van der Waals surface area contributed by atoms with Crippen LogP contribution in [0.1, 0.15) is 18.5 Å². The number of aromatic nitrogens is 2. The Bertz CT molecular complexity index is 633. The fraction of sp³-hybridized carbons (Fsp3) is 0.364. The Morgan fingerprint density at radius 1 is 1.29 bits per heavy atom. The fourth-order valence-electron chi connectivity index (χ4n) is 1.58. The van der Waals surface area contributed by atoms with Gasteiger partial charge >= 0.3 is 11.7 Å². The molecule has 0 unspecified atom stereocenters. The Hall–Kier alpha value is -2.91. The number of aliphatic carboxylic acids is 1. The van der Waals surface area contributed by atoms with Crippen LogP contribution in [0.3, 0.4) is 0 Å². The van der Waals surface area contributed by atoms with Gasteiger partial charge in [0.25, 0.3) is 5.56 Å². The number of nitrogens with one attached hydrogen (secondary N) is 3. The number of primary amides is 1.